The van der Waals surface area contributed by atoms with E-state index in [4.69, 9.17) is 10.7 Å². The molecule has 0 fully saturated rings. The van der Waals surface area contributed by atoms with Crippen LogP contribution in [-0.4, -0.2) is 10.9 Å². The molecular weight excluding hydrogens is 304 g/mol. The van der Waals surface area contributed by atoms with E-state index in [0.717, 1.165) is 41.5 Å². The number of carbonyl (C=O) groups excluding carboxylic acids is 1. The Morgan fingerprint density at radius 2 is 2.17 bits per heavy atom. The van der Waals surface area contributed by atoms with Gasteiger partial charge in [0.2, 0.25) is 0 Å². The number of primary amides is 1. The summed E-state index contributed by atoms with van der Waals surface area (Å²) < 4.78 is 0. The lowest BCUT2D eigenvalue weighted by Gasteiger charge is -2.34. The van der Waals surface area contributed by atoms with Crippen LogP contribution in [0.4, 0.5) is 0 Å². The van der Waals surface area contributed by atoms with Gasteiger partial charge in [0.25, 0.3) is 5.91 Å². The zero-order valence-electron chi connectivity index (χ0n) is 14.5. The number of pyridine rings is 1. The molecule has 1 aliphatic carbocycles. The van der Waals surface area contributed by atoms with Crippen molar-refractivity contribution in [1.29, 1.82) is 0 Å². The number of aromatic nitrogens is 1. The van der Waals surface area contributed by atoms with Crippen molar-refractivity contribution >= 4 is 27.5 Å². The van der Waals surface area contributed by atoms with E-state index in [1.54, 1.807) is 0 Å². The van der Waals surface area contributed by atoms with Gasteiger partial charge in [0.15, 0.2) is 0 Å². The zero-order chi connectivity index (χ0) is 16.8. The molecule has 0 saturated carbocycles. The fourth-order valence-corrected chi connectivity index (χ4v) is 4.73. The Morgan fingerprint density at radius 1 is 1.43 bits per heavy atom. The average molecular weight is 330 g/mol. The van der Waals surface area contributed by atoms with Crippen LogP contribution in [0.5, 0.6) is 0 Å². The number of rotatable bonds is 3. The fourth-order valence-electron chi connectivity index (χ4n) is 3.66. The Morgan fingerprint density at radius 3 is 2.78 bits per heavy atom. The molecule has 2 aromatic heterocycles. The Kier molecular flexibility index (Phi) is 4.21. The summed E-state index contributed by atoms with van der Waals surface area (Å²) in [4.78, 5) is 18.3. The van der Waals surface area contributed by atoms with Crippen molar-refractivity contribution in [1.82, 2.24) is 4.98 Å². The largest absolute Gasteiger partial charge is 0.365 e. The lowest BCUT2D eigenvalue weighted by molar-refractivity contribution is 0.100. The van der Waals surface area contributed by atoms with Crippen LogP contribution in [0.1, 0.15) is 67.0 Å². The van der Waals surface area contributed by atoms with Crippen molar-refractivity contribution in [3.8, 4) is 0 Å². The lowest BCUT2D eigenvalue weighted by atomic mass is 9.71. The van der Waals surface area contributed by atoms with Crippen molar-refractivity contribution in [2.24, 2.45) is 17.1 Å². The summed E-state index contributed by atoms with van der Waals surface area (Å²) in [7, 11) is 0. The molecule has 0 radical (unpaired) electrons. The van der Waals surface area contributed by atoms with Gasteiger partial charge in [0.05, 0.1) is 4.88 Å². The van der Waals surface area contributed by atoms with E-state index in [0.29, 0.717) is 16.2 Å². The van der Waals surface area contributed by atoms with Crippen LogP contribution in [-0.2, 0) is 19.3 Å². The molecule has 3 rings (SSSR count). The predicted octanol–water partition coefficient (Wildman–Crippen LogP) is 4.50. The van der Waals surface area contributed by atoms with Gasteiger partial charge in [0, 0.05) is 11.1 Å². The van der Waals surface area contributed by atoms with Crippen LogP contribution in [0, 0.1) is 11.3 Å². The van der Waals surface area contributed by atoms with E-state index in [1.807, 2.05) is 0 Å². The molecule has 124 valence electrons. The van der Waals surface area contributed by atoms with E-state index in [2.05, 4.69) is 33.8 Å². The Balaban J connectivity index is 2.10. The molecule has 1 unspecified atom stereocenters. The van der Waals surface area contributed by atoms with Gasteiger partial charge in [0.1, 0.15) is 4.83 Å². The Bertz CT molecular complexity index is 755. The molecule has 1 atom stereocenters. The molecule has 0 saturated heterocycles. The summed E-state index contributed by atoms with van der Waals surface area (Å²) in [6.07, 6.45) is 5.23. The summed E-state index contributed by atoms with van der Waals surface area (Å²) in [5.74, 6) is 0.375. The van der Waals surface area contributed by atoms with Gasteiger partial charge < -0.3 is 5.73 Å². The number of nitrogens with two attached hydrogens (primary N) is 1. The van der Waals surface area contributed by atoms with Gasteiger partial charge in [-0.3, -0.25) is 4.79 Å². The van der Waals surface area contributed by atoms with Gasteiger partial charge in [-0.15, -0.1) is 11.3 Å². The second kappa shape index (κ2) is 5.90. The summed E-state index contributed by atoms with van der Waals surface area (Å²) in [5, 5.41) is 1.15. The van der Waals surface area contributed by atoms with Gasteiger partial charge in [-0.1, -0.05) is 34.1 Å². The highest BCUT2D eigenvalue weighted by atomic mass is 32.1. The van der Waals surface area contributed by atoms with Crippen LogP contribution >= 0.6 is 11.3 Å². The Hall–Kier alpha value is -1.42. The van der Waals surface area contributed by atoms with E-state index in [1.165, 1.54) is 29.0 Å². The quantitative estimate of drug-likeness (QED) is 0.901. The summed E-state index contributed by atoms with van der Waals surface area (Å²) >= 11 is 1.47. The second-order valence-corrected chi connectivity index (χ2v) is 8.78. The zero-order valence-corrected chi connectivity index (χ0v) is 15.3. The molecule has 2 heterocycles. The van der Waals surface area contributed by atoms with Crippen LogP contribution in [0.2, 0.25) is 0 Å². The summed E-state index contributed by atoms with van der Waals surface area (Å²) in [6, 6.07) is 2.30. The SMILES string of the molecule is CCCc1c(C(N)=O)sc2nc3c(cc12)CC(C(C)(C)C)CC3. The number of carbonyl (C=O) groups is 1. The smallest absolute Gasteiger partial charge is 0.259 e. The van der Waals surface area contributed by atoms with Crippen LogP contribution in [0.15, 0.2) is 6.07 Å². The normalized spacial score (nSPS) is 18.2. The van der Waals surface area contributed by atoms with E-state index in [9.17, 15) is 4.79 Å². The topological polar surface area (TPSA) is 56.0 Å². The van der Waals surface area contributed by atoms with E-state index < -0.39 is 0 Å². The highest BCUT2D eigenvalue weighted by molar-refractivity contribution is 7.20. The minimum Gasteiger partial charge on any atom is -0.365 e. The molecule has 3 nitrogen and oxygen atoms in total. The van der Waals surface area contributed by atoms with E-state index >= 15 is 0 Å². The van der Waals surface area contributed by atoms with Crippen molar-refractivity contribution < 1.29 is 4.79 Å². The highest BCUT2D eigenvalue weighted by Crippen LogP contribution is 2.39. The molecule has 1 amide bonds. The van der Waals surface area contributed by atoms with Gasteiger partial charge in [-0.25, -0.2) is 4.98 Å². The number of hydrogen-bond acceptors (Lipinski definition) is 3. The first-order valence-electron chi connectivity index (χ1n) is 8.55. The maximum atomic E-state index is 11.8. The van der Waals surface area contributed by atoms with Crippen LogP contribution in [0.3, 0.4) is 0 Å². The molecule has 0 aromatic carbocycles. The fraction of sp³-hybridized carbons (Fsp3) is 0.579. The third-order valence-corrected chi connectivity index (χ3v) is 6.25. The third kappa shape index (κ3) is 3.01. The molecule has 4 heteroatoms. The predicted molar refractivity (Wildman–Crippen MR) is 97.1 cm³/mol. The van der Waals surface area contributed by atoms with Gasteiger partial charge >= 0.3 is 0 Å². The standard InChI is InChI=1S/C19H26N2OS/c1-5-6-13-14-10-11-9-12(19(2,3)4)7-8-15(11)21-18(14)23-16(13)17(20)22/h10,12H,5-9H2,1-4H3,(H2,20,22). The number of nitrogens with zero attached hydrogens (tertiary/aromatic N) is 1. The molecule has 0 bridgehead atoms. The minimum atomic E-state index is -0.318. The third-order valence-electron chi connectivity index (χ3n) is 5.10. The summed E-state index contributed by atoms with van der Waals surface area (Å²) in [5.41, 5.74) is 9.61. The van der Waals surface area contributed by atoms with E-state index in [-0.39, 0.29) is 5.91 Å². The maximum Gasteiger partial charge on any atom is 0.259 e. The average Bonchev–Trinajstić information content (AvgIpc) is 2.82. The maximum absolute atomic E-state index is 11.8. The molecule has 2 aromatic rings. The van der Waals surface area contributed by atoms with Crippen molar-refractivity contribution in [3.05, 3.63) is 27.8 Å². The molecule has 2 N–H and O–H groups in total. The first-order valence-corrected chi connectivity index (χ1v) is 9.37. The van der Waals surface area contributed by atoms with Crippen LogP contribution < -0.4 is 5.73 Å². The number of aryl methyl sites for hydroxylation is 2. The molecule has 0 spiro atoms. The monoisotopic (exact) mass is 330 g/mol. The first-order chi connectivity index (χ1) is 10.8. The molecule has 23 heavy (non-hydrogen) atoms. The lowest BCUT2D eigenvalue weighted by Crippen LogP contribution is -2.27. The molecule has 1 aliphatic rings. The highest BCUT2D eigenvalue weighted by Gasteiger charge is 2.30. The minimum absolute atomic E-state index is 0.318. The van der Waals surface area contributed by atoms with Crippen molar-refractivity contribution in [2.45, 2.75) is 59.8 Å². The van der Waals surface area contributed by atoms with Crippen molar-refractivity contribution in [2.75, 3.05) is 0 Å². The summed E-state index contributed by atoms with van der Waals surface area (Å²) in [6.45, 7) is 9.11. The number of fused-ring (bicyclic) bond motifs is 2. The molecule has 0 aliphatic heterocycles. The van der Waals surface area contributed by atoms with Gasteiger partial charge in [-0.2, -0.15) is 0 Å². The van der Waals surface area contributed by atoms with Crippen LogP contribution in [0.25, 0.3) is 10.2 Å². The second-order valence-electron chi connectivity index (χ2n) is 7.78. The first kappa shape index (κ1) is 16.4. The van der Waals surface area contributed by atoms with Crippen molar-refractivity contribution in [3.63, 3.8) is 0 Å². The number of amides is 1. The Labute approximate surface area is 142 Å². The number of thiophene rings is 1. The van der Waals surface area contributed by atoms with Gasteiger partial charge in [-0.05, 0) is 54.2 Å². The number of hydrogen-bond donors (Lipinski definition) is 1. The molecular formula is C19H26N2OS.